The van der Waals surface area contributed by atoms with Crippen LogP contribution in [0.1, 0.15) is 22.3 Å². The second kappa shape index (κ2) is 22.7. The lowest BCUT2D eigenvalue weighted by Crippen LogP contribution is -1.94. The van der Waals surface area contributed by atoms with Crippen molar-refractivity contribution >= 4 is 22.6 Å². The zero-order valence-electron chi connectivity index (χ0n) is 29.1. The Balaban J connectivity index is 0.000000263. The molecule has 0 unspecified atom stereocenters. The zero-order valence-corrected chi connectivity index (χ0v) is 31.2. The van der Waals surface area contributed by atoms with Crippen LogP contribution in [-0.4, -0.2) is 20.3 Å². The molecular formula is C43H39IN4O5. The third-order valence-electron chi connectivity index (χ3n) is 7.37. The van der Waals surface area contributed by atoms with E-state index in [1.165, 1.54) is 0 Å². The van der Waals surface area contributed by atoms with Crippen molar-refractivity contribution in [3.63, 3.8) is 0 Å². The third-order valence-corrected chi connectivity index (χ3v) is 7.37. The van der Waals surface area contributed by atoms with Crippen LogP contribution in [0.15, 0.2) is 168 Å². The number of hydrogen-bond donors (Lipinski definition) is 2. The Morgan fingerprint density at radius 3 is 1.28 bits per heavy atom. The number of nitrogens with two attached hydrogens (primary N) is 1. The molecular weight excluding hydrogens is 779 g/mol. The minimum absolute atomic E-state index is 0.462. The molecule has 0 atom stereocenters. The van der Waals surface area contributed by atoms with Gasteiger partial charge < -0.3 is 23.9 Å². The van der Waals surface area contributed by atoms with Gasteiger partial charge in [0.1, 0.15) is 37.1 Å². The number of rotatable bonds is 11. The SMILES string of the molecule is CI.N#Cc1ccc(OCc2ccccc2)cc1.NO.c1ccc(COc2ccc(-c3noc(-c4ccc(OCc5ccccc5)cc4)n3)cc2)cc1. The minimum Gasteiger partial charge on any atom is -0.489 e. The maximum absolute atomic E-state index is 8.65. The summed E-state index contributed by atoms with van der Waals surface area (Å²) in [5.41, 5.74) is 5.72. The van der Waals surface area contributed by atoms with Gasteiger partial charge in [0.25, 0.3) is 5.89 Å². The first-order valence-corrected chi connectivity index (χ1v) is 18.6. The molecule has 0 aliphatic carbocycles. The quantitative estimate of drug-likeness (QED) is 0.0743. The molecule has 10 heteroatoms. The van der Waals surface area contributed by atoms with E-state index in [1.54, 1.807) is 12.1 Å². The number of hydrogen-bond acceptors (Lipinski definition) is 9. The lowest BCUT2D eigenvalue weighted by Gasteiger charge is -2.06. The molecule has 0 radical (unpaired) electrons. The lowest BCUT2D eigenvalue weighted by atomic mass is 10.2. The predicted molar refractivity (Wildman–Crippen MR) is 215 cm³/mol. The van der Waals surface area contributed by atoms with Gasteiger partial charge in [-0.25, -0.2) is 5.90 Å². The fourth-order valence-corrected chi connectivity index (χ4v) is 4.70. The van der Waals surface area contributed by atoms with Gasteiger partial charge >= 0.3 is 0 Å². The molecule has 0 aliphatic heterocycles. The van der Waals surface area contributed by atoms with Crippen molar-refractivity contribution in [3.8, 4) is 46.2 Å². The summed E-state index contributed by atoms with van der Waals surface area (Å²) in [6.07, 6.45) is 0. The van der Waals surface area contributed by atoms with Crippen molar-refractivity contribution in [3.05, 3.63) is 186 Å². The number of aromatic nitrogens is 2. The van der Waals surface area contributed by atoms with Crippen LogP contribution in [0.25, 0.3) is 22.8 Å². The smallest absolute Gasteiger partial charge is 0.258 e. The first kappa shape index (κ1) is 39.8. The number of nitriles is 1. The second-order valence-electron chi connectivity index (χ2n) is 10.9. The number of nitrogens with zero attached hydrogens (tertiary/aromatic N) is 3. The molecule has 7 aromatic rings. The maximum atomic E-state index is 8.65. The highest BCUT2D eigenvalue weighted by Gasteiger charge is 2.11. The zero-order chi connectivity index (χ0) is 37.5. The van der Waals surface area contributed by atoms with Gasteiger partial charge in [0, 0.05) is 11.1 Å². The van der Waals surface area contributed by atoms with E-state index in [2.05, 4.69) is 44.7 Å². The molecule has 6 aromatic carbocycles. The monoisotopic (exact) mass is 818 g/mol. The van der Waals surface area contributed by atoms with Crippen molar-refractivity contribution < 1.29 is 23.9 Å². The molecule has 0 amide bonds. The standard InChI is InChI=1S/C28H22N2O3.C14H11NO.CH3I.H3NO/c1-3-7-21(8-4-1)19-31-25-15-11-23(12-16-25)27-29-28(33-30-27)24-13-17-26(18-14-24)32-20-22-9-5-2-6-10-22;15-10-12-6-8-14(9-7-12)16-11-13-4-2-1-3-5-13;2*1-2/h1-18H,19-20H2;1-9H,11H2;1H3;2H,1H2. The summed E-state index contributed by atoms with van der Waals surface area (Å²) in [5.74, 6) is 6.85. The summed E-state index contributed by atoms with van der Waals surface area (Å²) in [4.78, 5) is 6.51. The number of alkyl halides is 1. The van der Waals surface area contributed by atoms with E-state index >= 15 is 0 Å². The van der Waals surface area contributed by atoms with Crippen LogP contribution >= 0.6 is 22.6 Å². The van der Waals surface area contributed by atoms with E-state index in [9.17, 15) is 0 Å². The van der Waals surface area contributed by atoms with E-state index in [0.29, 0.717) is 37.1 Å². The van der Waals surface area contributed by atoms with E-state index in [-0.39, 0.29) is 0 Å². The molecule has 268 valence electrons. The largest absolute Gasteiger partial charge is 0.489 e. The average molecular weight is 819 g/mol. The Hall–Kier alpha value is -6.00. The van der Waals surface area contributed by atoms with Crippen molar-refractivity contribution in [2.45, 2.75) is 19.8 Å². The molecule has 53 heavy (non-hydrogen) atoms. The maximum Gasteiger partial charge on any atom is 0.258 e. The van der Waals surface area contributed by atoms with Crippen molar-refractivity contribution in [2.75, 3.05) is 4.93 Å². The Morgan fingerprint density at radius 2 is 0.906 bits per heavy atom. The minimum atomic E-state index is 0.462. The molecule has 1 aromatic heterocycles. The average Bonchev–Trinajstić information content (AvgIpc) is 3.75. The van der Waals surface area contributed by atoms with Crippen LogP contribution in [-0.2, 0) is 19.8 Å². The molecule has 7 rings (SSSR count). The predicted octanol–water partition coefficient (Wildman–Crippen LogP) is 10.1. The Labute approximate surface area is 323 Å². The summed E-state index contributed by atoms with van der Waals surface area (Å²) < 4.78 is 22.7. The van der Waals surface area contributed by atoms with Crippen molar-refractivity contribution in [1.29, 1.82) is 5.26 Å². The summed E-state index contributed by atoms with van der Waals surface area (Å²) in [6.45, 7) is 1.60. The number of halogens is 1. The van der Waals surface area contributed by atoms with E-state index < -0.39 is 0 Å². The molecule has 9 nitrogen and oxygen atoms in total. The van der Waals surface area contributed by atoms with Crippen molar-refractivity contribution in [2.24, 2.45) is 5.90 Å². The van der Waals surface area contributed by atoms with Crippen LogP contribution < -0.4 is 20.1 Å². The first-order chi connectivity index (χ1) is 26.2. The molecule has 0 fully saturated rings. The van der Waals surface area contributed by atoms with Gasteiger partial charge in [-0.3, -0.25) is 0 Å². The Kier molecular flexibility index (Phi) is 17.1. The molecule has 1 heterocycles. The highest BCUT2D eigenvalue weighted by atomic mass is 127. The van der Waals surface area contributed by atoms with Gasteiger partial charge in [0.15, 0.2) is 0 Å². The molecule has 0 saturated heterocycles. The fraction of sp³-hybridized carbons (Fsp3) is 0.0930. The van der Waals surface area contributed by atoms with Gasteiger partial charge in [-0.15, -0.1) is 0 Å². The normalized spacial score (nSPS) is 9.72. The van der Waals surface area contributed by atoms with Crippen LogP contribution in [0.4, 0.5) is 0 Å². The van der Waals surface area contributed by atoms with Crippen molar-refractivity contribution in [1.82, 2.24) is 10.1 Å². The van der Waals surface area contributed by atoms with Gasteiger partial charge in [-0.2, -0.15) is 10.2 Å². The third kappa shape index (κ3) is 13.2. The van der Waals surface area contributed by atoms with Gasteiger partial charge in [-0.05, 0) is 94.4 Å². The fourth-order valence-electron chi connectivity index (χ4n) is 4.70. The highest BCUT2D eigenvalue weighted by molar-refractivity contribution is 14.1. The van der Waals surface area contributed by atoms with Gasteiger partial charge in [0.2, 0.25) is 5.82 Å². The van der Waals surface area contributed by atoms with E-state index in [0.717, 1.165) is 45.1 Å². The Morgan fingerprint density at radius 1 is 0.547 bits per heavy atom. The van der Waals surface area contributed by atoms with Crippen LogP contribution in [0.5, 0.6) is 17.2 Å². The number of ether oxygens (including phenoxy) is 3. The number of benzene rings is 6. The highest BCUT2D eigenvalue weighted by Crippen LogP contribution is 2.26. The molecule has 3 N–H and O–H groups in total. The second-order valence-corrected chi connectivity index (χ2v) is 10.9. The first-order valence-electron chi connectivity index (χ1n) is 16.4. The van der Waals surface area contributed by atoms with Crippen LogP contribution in [0.3, 0.4) is 0 Å². The molecule has 0 saturated carbocycles. The molecule has 0 spiro atoms. The summed E-state index contributed by atoms with van der Waals surface area (Å²) in [5, 5.41) is 19.3. The summed E-state index contributed by atoms with van der Waals surface area (Å²) in [7, 11) is 0. The lowest BCUT2D eigenvalue weighted by molar-refractivity contribution is 0.306. The molecule has 0 aliphatic rings. The van der Waals surface area contributed by atoms with E-state index in [4.69, 9.17) is 29.2 Å². The summed E-state index contributed by atoms with van der Waals surface area (Å²) >= 11 is 2.15. The van der Waals surface area contributed by atoms with Gasteiger partial charge in [-0.1, -0.05) is 119 Å². The Bertz CT molecular complexity index is 1950. The van der Waals surface area contributed by atoms with E-state index in [1.807, 2.05) is 157 Å². The molecule has 0 bridgehead atoms. The van der Waals surface area contributed by atoms with Crippen LogP contribution in [0.2, 0.25) is 0 Å². The summed E-state index contributed by atoms with van der Waals surface area (Å²) in [6, 6.07) is 54.6. The topological polar surface area (TPSA) is 137 Å². The van der Waals surface area contributed by atoms with Crippen LogP contribution in [0, 0.1) is 11.3 Å². The van der Waals surface area contributed by atoms with Gasteiger partial charge in [0.05, 0.1) is 11.6 Å².